The van der Waals surface area contributed by atoms with Crippen LogP contribution in [-0.2, 0) is 9.59 Å². The van der Waals surface area contributed by atoms with E-state index in [4.69, 9.17) is 4.74 Å². The molecular formula is C20H23N3O3. The van der Waals surface area contributed by atoms with Gasteiger partial charge in [0.05, 0.1) is 13.3 Å². The predicted molar refractivity (Wildman–Crippen MR) is 103 cm³/mol. The number of aryl methyl sites for hydroxylation is 2. The Balaban J connectivity index is 1.74. The van der Waals surface area contributed by atoms with E-state index < -0.39 is 0 Å². The van der Waals surface area contributed by atoms with E-state index in [-0.39, 0.29) is 24.7 Å². The monoisotopic (exact) mass is 353 g/mol. The zero-order valence-corrected chi connectivity index (χ0v) is 15.2. The van der Waals surface area contributed by atoms with Crippen molar-refractivity contribution in [3.8, 4) is 5.75 Å². The third kappa shape index (κ3) is 6.05. The third-order valence-corrected chi connectivity index (χ3v) is 3.89. The van der Waals surface area contributed by atoms with E-state index in [9.17, 15) is 9.59 Å². The maximum atomic E-state index is 11.9. The Labute approximate surface area is 153 Å². The van der Waals surface area contributed by atoms with E-state index in [1.165, 1.54) is 6.21 Å². The summed E-state index contributed by atoms with van der Waals surface area (Å²) in [6.07, 6.45) is 1.69. The average Bonchev–Trinajstić information content (AvgIpc) is 2.63. The van der Waals surface area contributed by atoms with Crippen LogP contribution in [0.4, 0.5) is 5.69 Å². The smallest absolute Gasteiger partial charge is 0.240 e. The fourth-order valence-electron chi connectivity index (χ4n) is 2.19. The highest BCUT2D eigenvalue weighted by Crippen LogP contribution is 2.14. The van der Waals surface area contributed by atoms with E-state index in [2.05, 4.69) is 15.8 Å². The fraction of sp³-hybridized carbons (Fsp3) is 0.250. The molecule has 6 heteroatoms. The van der Waals surface area contributed by atoms with Gasteiger partial charge in [-0.15, -0.1) is 0 Å². The molecule has 0 atom stereocenters. The first-order valence-corrected chi connectivity index (χ1v) is 8.31. The highest BCUT2D eigenvalue weighted by atomic mass is 16.5. The molecule has 2 N–H and O–H groups in total. The number of benzene rings is 2. The molecule has 2 aromatic rings. The SMILES string of the molecule is COc1ccc(/C=N/NC(=O)CCC(=O)Nc2ccc(C)c(C)c2)cc1. The van der Waals surface area contributed by atoms with Crippen LogP contribution in [0.25, 0.3) is 0 Å². The highest BCUT2D eigenvalue weighted by Gasteiger charge is 2.07. The molecule has 0 bridgehead atoms. The maximum absolute atomic E-state index is 11.9. The van der Waals surface area contributed by atoms with Crippen LogP contribution in [0.2, 0.25) is 0 Å². The number of anilines is 1. The molecule has 2 aromatic carbocycles. The molecule has 0 radical (unpaired) electrons. The number of hydrogen-bond acceptors (Lipinski definition) is 4. The van der Waals surface area contributed by atoms with E-state index >= 15 is 0 Å². The summed E-state index contributed by atoms with van der Waals surface area (Å²) in [6, 6.07) is 13.0. The summed E-state index contributed by atoms with van der Waals surface area (Å²) in [7, 11) is 1.60. The second-order valence-electron chi connectivity index (χ2n) is 5.91. The Morgan fingerprint density at radius 1 is 1.00 bits per heavy atom. The Hall–Kier alpha value is -3.15. The van der Waals surface area contributed by atoms with Gasteiger partial charge in [-0.2, -0.15) is 5.10 Å². The number of hydrogen-bond donors (Lipinski definition) is 2. The van der Waals surface area contributed by atoms with Crippen LogP contribution in [0.5, 0.6) is 5.75 Å². The Kier molecular flexibility index (Phi) is 6.91. The summed E-state index contributed by atoms with van der Waals surface area (Å²) in [5.41, 5.74) is 6.25. The van der Waals surface area contributed by atoms with Gasteiger partial charge in [0.15, 0.2) is 0 Å². The Morgan fingerprint density at radius 3 is 2.35 bits per heavy atom. The lowest BCUT2D eigenvalue weighted by Crippen LogP contribution is -2.20. The van der Waals surface area contributed by atoms with Crippen LogP contribution in [0.15, 0.2) is 47.6 Å². The number of nitrogens with one attached hydrogen (secondary N) is 2. The summed E-state index contributed by atoms with van der Waals surface area (Å²) >= 11 is 0. The van der Waals surface area contributed by atoms with Crippen LogP contribution in [-0.4, -0.2) is 25.1 Å². The van der Waals surface area contributed by atoms with Crippen molar-refractivity contribution in [2.24, 2.45) is 5.10 Å². The summed E-state index contributed by atoms with van der Waals surface area (Å²) in [5.74, 6) is 0.230. The van der Waals surface area contributed by atoms with Gasteiger partial charge in [0.25, 0.3) is 0 Å². The highest BCUT2D eigenvalue weighted by molar-refractivity contribution is 5.93. The van der Waals surface area contributed by atoms with Crippen LogP contribution in [0.3, 0.4) is 0 Å². The van der Waals surface area contributed by atoms with Crippen molar-refractivity contribution in [2.45, 2.75) is 26.7 Å². The van der Waals surface area contributed by atoms with Gasteiger partial charge in [0.1, 0.15) is 5.75 Å². The summed E-state index contributed by atoms with van der Waals surface area (Å²) in [5, 5.41) is 6.67. The fourth-order valence-corrected chi connectivity index (χ4v) is 2.19. The van der Waals surface area contributed by atoms with Gasteiger partial charge in [-0.05, 0) is 66.9 Å². The van der Waals surface area contributed by atoms with E-state index in [1.807, 2.05) is 44.2 Å². The van der Waals surface area contributed by atoms with Crippen molar-refractivity contribution in [3.05, 3.63) is 59.2 Å². The normalized spacial score (nSPS) is 10.6. The molecule has 0 aliphatic rings. The molecule has 0 saturated heterocycles. The molecule has 0 saturated carbocycles. The summed E-state index contributed by atoms with van der Waals surface area (Å²) in [6.45, 7) is 4.00. The first-order chi connectivity index (χ1) is 12.5. The van der Waals surface area contributed by atoms with E-state index in [0.717, 1.165) is 28.1 Å². The standard InChI is InChI=1S/C20H23N3O3/c1-14-4-7-17(12-15(14)2)22-19(24)10-11-20(25)23-21-13-16-5-8-18(26-3)9-6-16/h4-9,12-13H,10-11H2,1-3H3,(H,22,24)(H,23,25)/b21-13+. The molecule has 0 spiro atoms. The van der Waals surface area contributed by atoms with Gasteiger partial charge >= 0.3 is 0 Å². The van der Waals surface area contributed by atoms with Crippen LogP contribution in [0.1, 0.15) is 29.5 Å². The van der Waals surface area contributed by atoms with Crippen molar-refractivity contribution in [3.63, 3.8) is 0 Å². The lowest BCUT2D eigenvalue weighted by Gasteiger charge is -2.07. The van der Waals surface area contributed by atoms with Crippen LogP contribution < -0.4 is 15.5 Å². The van der Waals surface area contributed by atoms with Crippen LogP contribution >= 0.6 is 0 Å². The third-order valence-electron chi connectivity index (χ3n) is 3.89. The minimum absolute atomic E-state index is 0.0661. The van der Waals surface area contributed by atoms with Gasteiger partial charge < -0.3 is 10.1 Å². The number of methoxy groups -OCH3 is 1. The number of rotatable bonds is 7. The van der Waals surface area contributed by atoms with Gasteiger partial charge in [0.2, 0.25) is 11.8 Å². The second kappa shape index (κ2) is 9.36. The molecule has 2 amide bonds. The molecule has 0 aliphatic heterocycles. The number of hydrazone groups is 1. The number of carbonyl (C=O) groups is 2. The number of amides is 2. The van der Waals surface area contributed by atoms with Crippen molar-refractivity contribution in [1.82, 2.24) is 5.43 Å². The van der Waals surface area contributed by atoms with Gasteiger partial charge in [-0.3, -0.25) is 9.59 Å². The number of nitrogens with zero attached hydrogens (tertiary/aromatic N) is 1. The molecule has 0 fully saturated rings. The van der Waals surface area contributed by atoms with Gasteiger partial charge in [-0.25, -0.2) is 5.43 Å². The molecule has 0 heterocycles. The van der Waals surface area contributed by atoms with Crippen LogP contribution in [0, 0.1) is 13.8 Å². The first kappa shape index (κ1) is 19.2. The lowest BCUT2D eigenvalue weighted by atomic mass is 10.1. The minimum Gasteiger partial charge on any atom is -0.497 e. The topological polar surface area (TPSA) is 79.8 Å². The zero-order valence-electron chi connectivity index (χ0n) is 15.2. The first-order valence-electron chi connectivity index (χ1n) is 8.31. The van der Waals surface area contributed by atoms with Crippen molar-refractivity contribution >= 4 is 23.7 Å². The van der Waals surface area contributed by atoms with E-state index in [0.29, 0.717) is 0 Å². The molecule has 2 rings (SSSR count). The van der Waals surface area contributed by atoms with Crippen molar-refractivity contribution in [1.29, 1.82) is 0 Å². The molecule has 6 nitrogen and oxygen atoms in total. The van der Waals surface area contributed by atoms with Crippen molar-refractivity contribution in [2.75, 3.05) is 12.4 Å². The predicted octanol–water partition coefficient (Wildman–Crippen LogP) is 3.18. The largest absolute Gasteiger partial charge is 0.497 e. The summed E-state index contributed by atoms with van der Waals surface area (Å²) < 4.78 is 5.07. The molecular weight excluding hydrogens is 330 g/mol. The average molecular weight is 353 g/mol. The van der Waals surface area contributed by atoms with Crippen molar-refractivity contribution < 1.29 is 14.3 Å². The summed E-state index contributed by atoms with van der Waals surface area (Å²) in [4.78, 5) is 23.7. The molecule has 0 aromatic heterocycles. The molecule has 0 aliphatic carbocycles. The molecule has 136 valence electrons. The maximum Gasteiger partial charge on any atom is 0.240 e. The Bertz CT molecular complexity index is 798. The lowest BCUT2D eigenvalue weighted by molar-refractivity contribution is -0.124. The minimum atomic E-state index is -0.315. The second-order valence-corrected chi connectivity index (χ2v) is 5.91. The van der Waals surface area contributed by atoms with Gasteiger partial charge in [0, 0.05) is 18.5 Å². The quantitative estimate of drug-likeness (QED) is 0.593. The molecule has 0 unspecified atom stereocenters. The van der Waals surface area contributed by atoms with Gasteiger partial charge in [-0.1, -0.05) is 6.07 Å². The number of carbonyl (C=O) groups excluding carboxylic acids is 2. The Morgan fingerprint density at radius 2 is 1.69 bits per heavy atom. The molecule has 26 heavy (non-hydrogen) atoms. The van der Waals surface area contributed by atoms with E-state index in [1.54, 1.807) is 19.2 Å². The number of ether oxygens (including phenoxy) is 1. The zero-order chi connectivity index (χ0) is 18.9.